The first-order valence-electron chi connectivity index (χ1n) is 4.04. The third-order valence-electron chi connectivity index (χ3n) is 1.76. The second-order valence-corrected chi connectivity index (χ2v) is 3.90. The predicted octanol–water partition coefficient (Wildman–Crippen LogP) is 0.267. The van der Waals surface area contributed by atoms with E-state index in [2.05, 4.69) is 8.57 Å². The van der Waals surface area contributed by atoms with Gasteiger partial charge in [0, 0.05) is 6.07 Å². The molecule has 0 atom stereocenters. The van der Waals surface area contributed by atoms with E-state index in [9.17, 15) is 12.8 Å². The van der Waals surface area contributed by atoms with E-state index in [1.54, 1.807) is 0 Å². The monoisotopic (exact) mass is 250 g/mol. The maximum Gasteiger partial charge on any atom is 0.440 e. The molecule has 1 aromatic rings. The summed E-state index contributed by atoms with van der Waals surface area (Å²) in [4.78, 5) is 0. The number of benzene rings is 1. The third-order valence-corrected chi connectivity index (χ3v) is 2.37. The van der Waals surface area contributed by atoms with Crippen LogP contribution in [0.1, 0.15) is 0 Å². The van der Waals surface area contributed by atoms with Crippen LogP contribution < -0.4 is 15.5 Å². The van der Waals surface area contributed by atoms with Crippen LogP contribution in [0.5, 0.6) is 5.75 Å². The first kappa shape index (κ1) is 11.1. The highest BCUT2D eigenvalue weighted by Gasteiger charge is 2.29. The number of ether oxygens (including phenoxy) is 1. The summed E-state index contributed by atoms with van der Waals surface area (Å²) in [5.74, 6) is -0.624. The van der Waals surface area contributed by atoms with Crippen LogP contribution in [0.3, 0.4) is 0 Å². The lowest BCUT2D eigenvalue weighted by atomic mass is 10.3. The molecule has 1 aromatic carbocycles. The number of rotatable bonds is 2. The summed E-state index contributed by atoms with van der Waals surface area (Å²) in [5.41, 5.74) is 2.19. The molecule has 9 heteroatoms. The summed E-state index contributed by atoms with van der Waals surface area (Å²) >= 11 is 0. The highest BCUT2D eigenvalue weighted by Crippen LogP contribution is 2.25. The molecule has 16 heavy (non-hydrogen) atoms. The molecule has 7 nitrogen and oxygen atoms in total. The van der Waals surface area contributed by atoms with Gasteiger partial charge >= 0.3 is 10.4 Å². The molecular formula is C7H7FN2O5S. The first-order chi connectivity index (χ1) is 7.52. The minimum absolute atomic E-state index is 0.0489. The number of halogens is 1. The van der Waals surface area contributed by atoms with Crippen molar-refractivity contribution >= 4 is 16.1 Å². The zero-order chi connectivity index (χ0) is 11.8. The Morgan fingerprint density at radius 3 is 2.81 bits per heavy atom. The van der Waals surface area contributed by atoms with Gasteiger partial charge in [0.05, 0.1) is 12.8 Å². The molecule has 0 unspecified atom stereocenters. The van der Waals surface area contributed by atoms with Crippen molar-refractivity contribution < 1.29 is 26.1 Å². The van der Waals surface area contributed by atoms with Crippen LogP contribution >= 0.6 is 0 Å². The van der Waals surface area contributed by atoms with Crippen LogP contribution in [0.15, 0.2) is 18.2 Å². The number of hydrazine groups is 1. The van der Waals surface area contributed by atoms with Gasteiger partial charge < -0.3 is 4.74 Å². The number of anilines is 1. The van der Waals surface area contributed by atoms with Gasteiger partial charge in [-0.15, -0.1) is 13.7 Å². The van der Waals surface area contributed by atoms with Crippen molar-refractivity contribution in [1.82, 2.24) is 5.59 Å². The summed E-state index contributed by atoms with van der Waals surface area (Å²) in [5, 5.41) is 0.720. The number of nitrogens with one attached hydrogen (secondary N) is 1. The van der Waals surface area contributed by atoms with E-state index in [1.807, 2.05) is 5.59 Å². The predicted molar refractivity (Wildman–Crippen MR) is 49.7 cm³/mol. The summed E-state index contributed by atoms with van der Waals surface area (Å²) in [6.45, 7) is 0. The standard InChI is InChI=1S/C7H7FN2O5S/c1-13-7-4-5(2-3-6(7)8)10-9-14-16(11,12)15-10/h2-4,9H,1H3. The topological polar surface area (TPSA) is 77.1 Å². The fourth-order valence-corrected chi connectivity index (χ4v) is 1.56. The van der Waals surface area contributed by atoms with Gasteiger partial charge in [-0.1, -0.05) is 5.59 Å². The Balaban J connectivity index is 2.29. The summed E-state index contributed by atoms with van der Waals surface area (Å²) in [7, 11) is -2.81. The summed E-state index contributed by atoms with van der Waals surface area (Å²) in [6.07, 6.45) is 0. The molecule has 0 bridgehead atoms. The van der Waals surface area contributed by atoms with Crippen LogP contribution in [-0.4, -0.2) is 15.5 Å². The Hall–Kier alpha value is -1.42. The Labute approximate surface area is 90.5 Å². The minimum Gasteiger partial charge on any atom is -0.494 e. The molecular weight excluding hydrogens is 243 g/mol. The number of methoxy groups -OCH3 is 1. The maximum absolute atomic E-state index is 13.1. The minimum atomic E-state index is -4.09. The highest BCUT2D eigenvalue weighted by atomic mass is 32.3. The molecule has 0 radical (unpaired) electrons. The van der Waals surface area contributed by atoms with E-state index in [1.165, 1.54) is 19.2 Å². The van der Waals surface area contributed by atoms with Crippen molar-refractivity contribution in [1.29, 1.82) is 0 Å². The molecule has 1 saturated heterocycles. The molecule has 1 heterocycles. The molecule has 2 rings (SSSR count). The van der Waals surface area contributed by atoms with Gasteiger partial charge in [-0.3, -0.25) is 0 Å². The van der Waals surface area contributed by atoms with Crippen LogP contribution in [-0.2, 0) is 19.0 Å². The van der Waals surface area contributed by atoms with Gasteiger partial charge in [-0.05, 0) is 12.1 Å². The van der Waals surface area contributed by atoms with E-state index < -0.39 is 16.2 Å². The van der Waals surface area contributed by atoms with E-state index >= 15 is 0 Å². The Kier molecular flexibility index (Phi) is 2.68. The lowest BCUT2D eigenvalue weighted by Gasteiger charge is -2.12. The normalized spacial score (nSPS) is 18.8. The molecule has 0 spiro atoms. The summed E-state index contributed by atoms with van der Waals surface area (Å²) < 4.78 is 47.8. The van der Waals surface area contributed by atoms with Crippen LogP contribution in [0.4, 0.5) is 10.1 Å². The Bertz CT molecular complexity index is 505. The van der Waals surface area contributed by atoms with Crippen molar-refractivity contribution in [3.8, 4) is 5.75 Å². The average molecular weight is 250 g/mol. The largest absolute Gasteiger partial charge is 0.494 e. The fraction of sp³-hybridized carbons (Fsp3) is 0.143. The molecule has 88 valence electrons. The van der Waals surface area contributed by atoms with Crippen molar-refractivity contribution in [2.45, 2.75) is 0 Å². The van der Waals surface area contributed by atoms with Gasteiger partial charge in [0.15, 0.2) is 11.6 Å². The summed E-state index contributed by atoms with van der Waals surface area (Å²) in [6, 6.07) is 3.63. The molecule has 1 fully saturated rings. The molecule has 1 aliphatic heterocycles. The maximum atomic E-state index is 13.1. The smallest absolute Gasteiger partial charge is 0.440 e. The molecule has 0 aromatic heterocycles. The van der Waals surface area contributed by atoms with Gasteiger partial charge in [0.25, 0.3) is 0 Å². The zero-order valence-corrected chi connectivity index (χ0v) is 8.82. The quantitative estimate of drug-likeness (QED) is 0.807. The first-order valence-corrected chi connectivity index (χ1v) is 5.37. The Morgan fingerprint density at radius 1 is 1.50 bits per heavy atom. The molecule has 0 aliphatic carbocycles. The SMILES string of the molecule is COc1cc(N2NOS(=O)(=O)O2)ccc1F. The zero-order valence-electron chi connectivity index (χ0n) is 8.01. The van der Waals surface area contributed by atoms with Crippen molar-refractivity contribution in [2.75, 3.05) is 12.3 Å². The lowest BCUT2D eigenvalue weighted by Crippen LogP contribution is -2.28. The van der Waals surface area contributed by atoms with Crippen LogP contribution in [0.25, 0.3) is 0 Å². The van der Waals surface area contributed by atoms with E-state index in [4.69, 9.17) is 4.74 Å². The fourth-order valence-electron chi connectivity index (χ4n) is 1.07. The molecule has 0 amide bonds. The van der Waals surface area contributed by atoms with Gasteiger partial charge in [-0.25, -0.2) is 4.39 Å². The highest BCUT2D eigenvalue weighted by molar-refractivity contribution is 7.82. The van der Waals surface area contributed by atoms with Gasteiger partial charge in [0.1, 0.15) is 0 Å². The van der Waals surface area contributed by atoms with E-state index in [0.29, 0.717) is 0 Å². The number of hydrogen-bond acceptors (Lipinski definition) is 7. The van der Waals surface area contributed by atoms with Gasteiger partial charge in [-0.2, -0.15) is 8.42 Å². The van der Waals surface area contributed by atoms with E-state index in [-0.39, 0.29) is 11.4 Å². The average Bonchev–Trinajstić information content (AvgIpc) is 2.59. The van der Waals surface area contributed by atoms with Crippen LogP contribution in [0, 0.1) is 5.82 Å². The molecule has 0 saturated carbocycles. The van der Waals surface area contributed by atoms with Gasteiger partial charge in [0.2, 0.25) is 0 Å². The number of nitrogens with zero attached hydrogens (tertiary/aromatic N) is 1. The number of hydrogen-bond donors (Lipinski definition) is 1. The third kappa shape index (κ3) is 2.07. The van der Waals surface area contributed by atoms with Crippen molar-refractivity contribution in [3.63, 3.8) is 0 Å². The van der Waals surface area contributed by atoms with Crippen molar-refractivity contribution in [3.05, 3.63) is 24.0 Å². The second-order valence-electron chi connectivity index (χ2n) is 2.77. The molecule has 1 N–H and O–H groups in total. The lowest BCUT2D eigenvalue weighted by molar-refractivity contribution is 0.198. The molecule has 1 aliphatic rings. The second kappa shape index (κ2) is 3.87. The van der Waals surface area contributed by atoms with Crippen molar-refractivity contribution in [2.24, 2.45) is 0 Å². The van der Waals surface area contributed by atoms with E-state index in [0.717, 1.165) is 11.2 Å². The van der Waals surface area contributed by atoms with Crippen LogP contribution in [0.2, 0.25) is 0 Å². The Morgan fingerprint density at radius 2 is 2.25 bits per heavy atom.